The van der Waals surface area contributed by atoms with Crippen molar-refractivity contribution in [3.8, 4) is 5.75 Å². The lowest BCUT2D eigenvalue weighted by molar-refractivity contribution is -0.384. The van der Waals surface area contributed by atoms with E-state index >= 15 is 0 Å². The Bertz CT molecular complexity index is 859. The fourth-order valence-corrected chi connectivity index (χ4v) is 2.60. The molecule has 0 unspecified atom stereocenters. The maximum atomic E-state index is 12.3. The molecular formula is C16H15ClN2O6. The van der Waals surface area contributed by atoms with Crippen LogP contribution >= 0.6 is 11.6 Å². The number of ether oxygens (including phenoxy) is 2. The number of benzene rings is 1. The van der Waals surface area contributed by atoms with Gasteiger partial charge in [-0.1, -0.05) is 11.6 Å². The third-order valence-corrected chi connectivity index (χ3v) is 3.89. The van der Waals surface area contributed by atoms with Crippen LogP contribution in [-0.2, 0) is 4.74 Å². The maximum absolute atomic E-state index is 12.3. The number of nitrogens with one attached hydrogen (secondary N) is 1. The molecule has 0 saturated heterocycles. The molecule has 0 saturated carbocycles. The third-order valence-electron chi connectivity index (χ3n) is 3.59. The standard InChI is InChI=1S/C16H15ClN2O6/c1-8-14(16(21)24-3)9(2)18-15(8)12(20)7-25-13-5-4-10(19(22)23)6-11(13)17/h4-6,18H,7H2,1-3H3. The summed E-state index contributed by atoms with van der Waals surface area (Å²) in [6.07, 6.45) is 0. The first kappa shape index (κ1) is 18.5. The van der Waals surface area contributed by atoms with Gasteiger partial charge >= 0.3 is 5.97 Å². The van der Waals surface area contributed by atoms with E-state index in [9.17, 15) is 19.7 Å². The van der Waals surface area contributed by atoms with E-state index in [1.54, 1.807) is 13.8 Å². The molecule has 1 N–H and O–H groups in total. The monoisotopic (exact) mass is 366 g/mol. The number of aromatic amines is 1. The van der Waals surface area contributed by atoms with Gasteiger partial charge in [0, 0.05) is 17.8 Å². The number of hydrogen-bond acceptors (Lipinski definition) is 6. The highest BCUT2D eigenvalue weighted by Gasteiger charge is 2.23. The Labute approximate surface area is 147 Å². The number of H-pyrrole nitrogens is 1. The van der Waals surface area contributed by atoms with Gasteiger partial charge in [0.15, 0.2) is 6.61 Å². The number of carbonyl (C=O) groups is 2. The lowest BCUT2D eigenvalue weighted by Crippen LogP contribution is -2.14. The minimum atomic E-state index is -0.583. The maximum Gasteiger partial charge on any atom is 0.339 e. The van der Waals surface area contributed by atoms with E-state index in [2.05, 4.69) is 4.98 Å². The number of rotatable bonds is 6. The number of esters is 1. The fraction of sp³-hybridized carbons (Fsp3) is 0.250. The number of hydrogen-bond donors (Lipinski definition) is 1. The minimum Gasteiger partial charge on any atom is -0.484 e. The highest BCUT2D eigenvalue weighted by molar-refractivity contribution is 6.32. The van der Waals surface area contributed by atoms with Gasteiger partial charge in [0.1, 0.15) is 5.75 Å². The Balaban J connectivity index is 2.16. The number of ketones is 1. The van der Waals surface area contributed by atoms with Crippen molar-refractivity contribution in [2.75, 3.05) is 13.7 Å². The summed E-state index contributed by atoms with van der Waals surface area (Å²) < 4.78 is 10.0. The molecule has 2 aromatic rings. The second-order valence-corrected chi connectivity index (χ2v) is 5.61. The highest BCUT2D eigenvalue weighted by Crippen LogP contribution is 2.29. The fourth-order valence-electron chi connectivity index (χ4n) is 2.37. The first-order valence-electron chi connectivity index (χ1n) is 7.13. The van der Waals surface area contributed by atoms with E-state index < -0.39 is 16.7 Å². The van der Waals surface area contributed by atoms with Crippen LogP contribution in [0.1, 0.15) is 32.1 Å². The predicted molar refractivity (Wildman–Crippen MR) is 89.5 cm³/mol. The molecule has 8 nitrogen and oxygen atoms in total. The van der Waals surface area contributed by atoms with E-state index in [0.717, 1.165) is 6.07 Å². The Morgan fingerprint density at radius 1 is 1.32 bits per heavy atom. The Morgan fingerprint density at radius 3 is 2.56 bits per heavy atom. The minimum absolute atomic E-state index is 0.0247. The Hall–Kier alpha value is -2.87. The summed E-state index contributed by atoms with van der Waals surface area (Å²) in [6.45, 7) is 2.94. The topological polar surface area (TPSA) is 112 Å². The zero-order chi connectivity index (χ0) is 18.7. The largest absolute Gasteiger partial charge is 0.484 e. The van der Waals surface area contributed by atoms with Crippen LogP contribution < -0.4 is 4.74 Å². The van der Waals surface area contributed by atoms with E-state index in [-0.39, 0.29) is 28.8 Å². The highest BCUT2D eigenvalue weighted by atomic mass is 35.5. The van der Waals surface area contributed by atoms with Gasteiger partial charge in [-0.2, -0.15) is 0 Å². The van der Waals surface area contributed by atoms with Crippen molar-refractivity contribution >= 4 is 29.0 Å². The lowest BCUT2D eigenvalue weighted by Gasteiger charge is -2.07. The zero-order valence-corrected chi connectivity index (χ0v) is 14.5. The van der Waals surface area contributed by atoms with Gasteiger partial charge < -0.3 is 14.5 Å². The Morgan fingerprint density at radius 2 is 2.00 bits per heavy atom. The van der Waals surface area contributed by atoms with Gasteiger partial charge in [-0.15, -0.1) is 0 Å². The first-order chi connectivity index (χ1) is 11.8. The summed E-state index contributed by atoms with van der Waals surface area (Å²) in [5, 5.41) is 10.7. The van der Waals surface area contributed by atoms with Crippen LogP contribution in [0, 0.1) is 24.0 Å². The number of Topliss-reactive ketones (excluding diaryl/α,β-unsaturated/α-hetero) is 1. The van der Waals surface area contributed by atoms with Crippen LogP contribution in [0.3, 0.4) is 0 Å². The molecule has 0 amide bonds. The molecule has 2 rings (SSSR count). The quantitative estimate of drug-likeness (QED) is 0.363. The number of nitro benzene ring substituents is 1. The van der Waals surface area contributed by atoms with Gasteiger partial charge in [-0.3, -0.25) is 14.9 Å². The van der Waals surface area contributed by atoms with Gasteiger partial charge in [-0.25, -0.2) is 4.79 Å². The van der Waals surface area contributed by atoms with Gasteiger partial charge in [0.25, 0.3) is 5.69 Å². The smallest absolute Gasteiger partial charge is 0.339 e. The van der Waals surface area contributed by atoms with Crippen molar-refractivity contribution < 1.29 is 24.0 Å². The Kier molecular flexibility index (Phi) is 5.43. The number of non-ortho nitro benzene ring substituents is 1. The third kappa shape index (κ3) is 3.80. The van der Waals surface area contributed by atoms with Crippen molar-refractivity contribution in [2.24, 2.45) is 0 Å². The first-order valence-corrected chi connectivity index (χ1v) is 7.51. The summed E-state index contributed by atoms with van der Waals surface area (Å²) in [5.74, 6) is -0.787. The van der Waals surface area contributed by atoms with E-state index in [4.69, 9.17) is 21.1 Å². The van der Waals surface area contributed by atoms with Crippen LogP contribution in [0.25, 0.3) is 0 Å². The summed E-state index contributed by atoms with van der Waals surface area (Å²) in [7, 11) is 1.26. The van der Waals surface area contributed by atoms with Crippen molar-refractivity contribution in [1.82, 2.24) is 4.98 Å². The van der Waals surface area contributed by atoms with E-state index in [1.807, 2.05) is 0 Å². The number of aryl methyl sites for hydroxylation is 1. The molecule has 25 heavy (non-hydrogen) atoms. The number of carbonyl (C=O) groups excluding carboxylic acids is 2. The van der Waals surface area contributed by atoms with Crippen molar-refractivity contribution in [3.05, 3.63) is 55.9 Å². The molecule has 9 heteroatoms. The van der Waals surface area contributed by atoms with Gasteiger partial charge in [0.2, 0.25) is 5.78 Å². The van der Waals surface area contributed by atoms with Crippen LogP contribution in [-0.4, -0.2) is 35.4 Å². The van der Waals surface area contributed by atoms with Crippen molar-refractivity contribution in [2.45, 2.75) is 13.8 Å². The molecule has 1 aromatic heterocycles. The van der Waals surface area contributed by atoms with Crippen LogP contribution in [0.5, 0.6) is 5.75 Å². The molecule has 132 valence electrons. The normalized spacial score (nSPS) is 10.4. The molecule has 1 aromatic carbocycles. The average molecular weight is 367 g/mol. The molecule has 1 heterocycles. The second kappa shape index (κ2) is 7.35. The molecular weight excluding hydrogens is 352 g/mol. The number of methoxy groups -OCH3 is 1. The molecule has 0 atom stereocenters. The zero-order valence-electron chi connectivity index (χ0n) is 13.7. The number of halogens is 1. The molecule has 0 radical (unpaired) electrons. The predicted octanol–water partition coefficient (Wildman–Crippen LogP) is 3.24. The number of nitrogens with zero attached hydrogens (tertiary/aromatic N) is 1. The summed E-state index contributed by atoms with van der Waals surface area (Å²) in [4.78, 5) is 37.0. The van der Waals surface area contributed by atoms with E-state index in [1.165, 1.54) is 19.2 Å². The van der Waals surface area contributed by atoms with Crippen molar-refractivity contribution in [3.63, 3.8) is 0 Å². The molecule has 0 bridgehead atoms. The molecule has 0 aliphatic carbocycles. The SMILES string of the molecule is COC(=O)c1c(C)[nH]c(C(=O)COc2ccc([N+](=O)[O-])cc2Cl)c1C. The van der Waals surface area contributed by atoms with E-state index in [0.29, 0.717) is 16.8 Å². The molecule has 0 spiro atoms. The lowest BCUT2D eigenvalue weighted by atomic mass is 10.1. The molecule has 0 aliphatic rings. The average Bonchev–Trinajstić information content (AvgIpc) is 2.87. The van der Waals surface area contributed by atoms with Gasteiger partial charge in [0.05, 0.1) is 28.3 Å². The summed E-state index contributed by atoms with van der Waals surface area (Å²) in [5.41, 5.74) is 1.34. The van der Waals surface area contributed by atoms with Crippen molar-refractivity contribution in [1.29, 1.82) is 0 Å². The molecule has 0 aliphatic heterocycles. The van der Waals surface area contributed by atoms with Gasteiger partial charge in [-0.05, 0) is 25.5 Å². The molecule has 0 fully saturated rings. The second-order valence-electron chi connectivity index (χ2n) is 5.20. The van der Waals surface area contributed by atoms with Crippen LogP contribution in [0.2, 0.25) is 5.02 Å². The number of aromatic nitrogens is 1. The van der Waals surface area contributed by atoms with Crippen LogP contribution in [0.15, 0.2) is 18.2 Å². The van der Waals surface area contributed by atoms with Crippen LogP contribution in [0.4, 0.5) is 5.69 Å². The summed E-state index contributed by atoms with van der Waals surface area (Å²) >= 11 is 5.91. The summed E-state index contributed by atoms with van der Waals surface area (Å²) in [6, 6.07) is 3.69. The number of nitro groups is 1.